The molecule has 4 heteroatoms. The predicted octanol–water partition coefficient (Wildman–Crippen LogP) is 2.63. The Balaban J connectivity index is 2.35. The van der Waals surface area contributed by atoms with Gasteiger partial charge in [0.1, 0.15) is 0 Å². The van der Waals surface area contributed by atoms with E-state index in [-0.39, 0.29) is 0 Å². The normalized spacial score (nSPS) is 13.2. The van der Waals surface area contributed by atoms with E-state index in [0.717, 1.165) is 16.5 Å². The fourth-order valence-electron chi connectivity index (χ4n) is 1.89. The van der Waals surface area contributed by atoms with Crippen LogP contribution in [0.2, 0.25) is 0 Å². The van der Waals surface area contributed by atoms with Crippen molar-refractivity contribution in [2.45, 2.75) is 18.9 Å². The van der Waals surface area contributed by atoms with E-state index in [1.165, 1.54) is 0 Å². The molecule has 0 bridgehead atoms. The lowest BCUT2D eigenvalue weighted by molar-refractivity contribution is 0.102. The summed E-state index contributed by atoms with van der Waals surface area (Å²) in [7, 11) is 1.56. The number of benzene rings is 1. The summed E-state index contributed by atoms with van der Waals surface area (Å²) in [4.78, 5) is 4.21. The molecule has 1 aromatic heterocycles. The fraction of sp³-hybridized carbons (Fsp3) is 0.308. The van der Waals surface area contributed by atoms with Crippen LogP contribution < -0.4 is 5.32 Å². The molecule has 0 fully saturated rings. The third-order valence-corrected chi connectivity index (χ3v) is 2.85. The second kappa shape index (κ2) is 5.19. The lowest BCUT2D eigenvalue weighted by atomic mass is 10.0. The maximum absolute atomic E-state index is 12.7. The molecule has 0 radical (unpaired) electrons. The van der Waals surface area contributed by atoms with Crippen molar-refractivity contribution in [1.29, 1.82) is 0 Å². The van der Waals surface area contributed by atoms with Gasteiger partial charge in [-0.25, -0.2) is 8.78 Å². The van der Waals surface area contributed by atoms with Crippen LogP contribution in [0.4, 0.5) is 8.78 Å². The largest absolute Gasteiger partial charge is 0.312 e. The second-order valence-corrected chi connectivity index (χ2v) is 3.92. The lowest BCUT2D eigenvalue weighted by Crippen LogP contribution is -2.34. The Kier molecular flexibility index (Phi) is 3.64. The number of likely N-dealkylation sites (N-methyl/N-ethyl adjacent to an activating group) is 1. The summed E-state index contributed by atoms with van der Waals surface area (Å²) in [6, 6.07) is 8.56. The Labute approximate surface area is 98.7 Å². The van der Waals surface area contributed by atoms with Crippen LogP contribution >= 0.6 is 0 Å². The number of nitrogens with one attached hydrogen (secondary N) is 1. The minimum absolute atomic E-state index is 0.303. The highest BCUT2D eigenvalue weighted by atomic mass is 19.3. The summed E-state index contributed by atoms with van der Waals surface area (Å²) in [6.07, 6.45) is -0.403. The van der Waals surface area contributed by atoms with E-state index in [9.17, 15) is 8.78 Å². The molecule has 1 atom stereocenters. The average Bonchev–Trinajstić information content (AvgIpc) is 2.35. The Morgan fingerprint density at radius 3 is 2.71 bits per heavy atom. The third-order valence-electron chi connectivity index (χ3n) is 2.85. The molecule has 0 saturated heterocycles. The standard InChI is InChI=1S/C13H14F2N2/c1-16-12(13(14)15)8-9-6-7-17-11-5-3-2-4-10(9)11/h2-7,12-13,16H,8H2,1H3. The van der Waals surface area contributed by atoms with Gasteiger partial charge in [-0.1, -0.05) is 18.2 Å². The van der Waals surface area contributed by atoms with Gasteiger partial charge in [0, 0.05) is 11.6 Å². The second-order valence-electron chi connectivity index (χ2n) is 3.92. The maximum Gasteiger partial charge on any atom is 0.254 e. The van der Waals surface area contributed by atoms with E-state index in [0.29, 0.717) is 6.42 Å². The van der Waals surface area contributed by atoms with E-state index in [1.807, 2.05) is 24.3 Å². The van der Waals surface area contributed by atoms with E-state index in [4.69, 9.17) is 0 Å². The Morgan fingerprint density at radius 2 is 2.00 bits per heavy atom. The molecule has 1 N–H and O–H groups in total. The number of hydrogen-bond acceptors (Lipinski definition) is 2. The van der Waals surface area contributed by atoms with Crippen molar-refractivity contribution in [3.63, 3.8) is 0 Å². The number of alkyl halides is 2. The van der Waals surface area contributed by atoms with Crippen LogP contribution in [0.15, 0.2) is 36.5 Å². The van der Waals surface area contributed by atoms with E-state index in [1.54, 1.807) is 19.3 Å². The molecule has 1 aromatic carbocycles. The van der Waals surface area contributed by atoms with Gasteiger partial charge < -0.3 is 5.32 Å². The third kappa shape index (κ3) is 2.58. The first-order chi connectivity index (χ1) is 8.22. The smallest absolute Gasteiger partial charge is 0.254 e. The summed E-state index contributed by atoms with van der Waals surface area (Å²) >= 11 is 0. The van der Waals surface area contributed by atoms with Crippen molar-refractivity contribution in [1.82, 2.24) is 10.3 Å². The van der Waals surface area contributed by atoms with Crippen LogP contribution in [0.3, 0.4) is 0 Å². The van der Waals surface area contributed by atoms with Gasteiger partial charge in [-0.15, -0.1) is 0 Å². The molecule has 1 heterocycles. The van der Waals surface area contributed by atoms with Gasteiger partial charge in [-0.05, 0) is 31.2 Å². The highest BCUT2D eigenvalue weighted by Crippen LogP contribution is 2.19. The Hall–Kier alpha value is -1.55. The number of fused-ring (bicyclic) bond motifs is 1. The first-order valence-corrected chi connectivity index (χ1v) is 5.50. The number of halogens is 2. The van der Waals surface area contributed by atoms with Crippen LogP contribution in [0.25, 0.3) is 10.9 Å². The summed E-state index contributed by atoms with van der Waals surface area (Å²) in [5.41, 5.74) is 1.74. The molecule has 0 saturated carbocycles. The SMILES string of the molecule is CNC(Cc1ccnc2ccccc12)C(F)F. The highest BCUT2D eigenvalue weighted by Gasteiger charge is 2.19. The summed E-state index contributed by atoms with van der Waals surface area (Å²) in [6.45, 7) is 0. The zero-order valence-corrected chi connectivity index (χ0v) is 9.53. The fourth-order valence-corrected chi connectivity index (χ4v) is 1.89. The van der Waals surface area contributed by atoms with Crippen molar-refractivity contribution in [2.24, 2.45) is 0 Å². The van der Waals surface area contributed by atoms with Gasteiger partial charge in [0.25, 0.3) is 6.43 Å². The number of aromatic nitrogens is 1. The molecule has 90 valence electrons. The minimum atomic E-state index is -2.37. The molecule has 2 aromatic rings. The predicted molar refractivity (Wildman–Crippen MR) is 64.3 cm³/mol. The van der Waals surface area contributed by atoms with Crippen molar-refractivity contribution in [2.75, 3.05) is 7.05 Å². The maximum atomic E-state index is 12.7. The molecule has 0 aliphatic rings. The molecular weight excluding hydrogens is 222 g/mol. The molecule has 0 spiro atoms. The topological polar surface area (TPSA) is 24.9 Å². The van der Waals surface area contributed by atoms with Gasteiger partial charge in [0.2, 0.25) is 0 Å². The zero-order valence-electron chi connectivity index (χ0n) is 9.53. The van der Waals surface area contributed by atoms with Gasteiger partial charge in [0.05, 0.1) is 11.6 Å². The van der Waals surface area contributed by atoms with Gasteiger partial charge in [0.15, 0.2) is 0 Å². The van der Waals surface area contributed by atoms with Crippen molar-refractivity contribution >= 4 is 10.9 Å². The Bertz CT molecular complexity index is 494. The minimum Gasteiger partial charge on any atom is -0.312 e. The Morgan fingerprint density at radius 1 is 1.24 bits per heavy atom. The van der Waals surface area contributed by atoms with Crippen LogP contribution in [-0.2, 0) is 6.42 Å². The van der Waals surface area contributed by atoms with E-state index >= 15 is 0 Å². The highest BCUT2D eigenvalue weighted by molar-refractivity contribution is 5.81. The number of para-hydroxylation sites is 1. The van der Waals surface area contributed by atoms with Crippen molar-refractivity contribution < 1.29 is 8.78 Å². The molecule has 2 nitrogen and oxygen atoms in total. The number of nitrogens with zero attached hydrogens (tertiary/aromatic N) is 1. The molecule has 1 unspecified atom stereocenters. The monoisotopic (exact) mass is 236 g/mol. The average molecular weight is 236 g/mol. The van der Waals surface area contributed by atoms with Crippen LogP contribution in [0.5, 0.6) is 0 Å². The molecule has 0 amide bonds. The van der Waals surface area contributed by atoms with Gasteiger partial charge >= 0.3 is 0 Å². The number of rotatable bonds is 4. The van der Waals surface area contributed by atoms with Crippen LogP contribution in [0, 0.1) is 0 Å². The molecule has 0 aliphatic carbocycles. The first-order valence-electron chi connectivity index (χ1n) is 5.50. The zero-order chi connectivity index (χ0) is 12.3. The number of pyridine rings is 1. The summed E-state index contributed by atoms with van der Waals surface area (Å²) in [5.74, 6) is 0. The summed E-state index contributed by atoms with van der Waals surface area (Å²) in [5, 5.41) is 3.58. The van der Waals surface area contributed by atoms with Crippen LogP contribution in [-0.4, -0.2) is 24.5 Å². The van der Waals surface area contributed by atoms with Gasteiger partial charge in [-0.3, -0.25) is 4.98 Å². The van der Waals surface area contributed by atoms with Crippen molar-refractivity contribution in [3.05, 3.63) is 42.1 Å². The number of hydrogen-bond donors (Lipinski definition) is 1. The molecule has 2 rings (SSSR count). The molecular formula is C13H14F2N2. The first kappa shape index (κ1) is 11.9. The summed E-state index contributed by atoms with van der Waals surface area (Å²) < 4.78 is 25.4. The quantitative estimate of drug-likeness (QED) is 0.882. The lowest BCUT2D eigenvalue weighted by Gasteiger charge is -2.16. The van der Waals surface area contributed by atoms with E-state index in [2.05, 4.69) is 10.3 Å². The van der Waals surface area contributed by atoms with Crippen molar-refractivity contribution in [3.8, 4) is 0 Å². The molecule has 17 heavy (non-hydrogen) atoms. The van der Waals surface area contributed by atoms with E-state index < -0.39 is 12.5 Å². The van der Waals surface area contributed by atoms with Crippen LogP contribution in [0.1, 0.15) is 5.56 Å². The molecule has 0 aliphatic heterocycles. The van der Waals surface area contributed by atoms with Gasteiger partial charge in [-0.2, -0.15) is 0 Å².